The summed E-state index contributed by atoms with van der Waals surface area (Å²) in [6.45, 7) is 5.05. The highest BCUT2D eigenvalue weighted by Crippen LogP contribution is 2.23. The summed E-state index contributed by atoms with van der Waals surface area (Å²) in [4.78, 5) is 30.2. The number of hydrogen-bond acceptors (Lipinski definition) is 3. The Balaban J connectivity index is 1.39. The van der Waals surface area contributed by atoms with Gasteiger partial charge in [0.15, 0.2) is 0 Å². The van der Waals surface area contributed by atoms with Gasteiger partial charge >= 0.3 is 5.69 Å². The number of hydrogen-bond donors (Lipinski definition) is 1. The Labute approximate surface area is 174 Å². The van der Waals surface area contributed by atoms with Crippen molar-refractivity contribution in [2.75, 3.05) is 19.6 Å². The second-order valence-corrected chi connectivity index (χ2v) is 8.01. The minimum Gasteiger partial charge on any atom is -0.307 e. The number of nitrogens with one attached hydrogen (secondary N) is 1. The molecule has 0 bridgehead atoms. The molecular weight excluding hydrogens is 386 g/mol. The summed E-state index contributed by atoms with van der Waals surface area (Å²) in [5.74, 6) is 0. The van der Waals surface area contributed by atoms with Crippen molar-refractivity contribution in [3.05, 3.63) is 85.5 Å². The monoisotopic (exact) mass is 409 g/mol. The molecule has 0 fully saturated rings. The van der Waals surface area contributed by atoms with Crippen LogP contribution in [0.5, 0.6) is 0 Å². The number of aromatic nitrogens is 2. The van der Waals surface area contributed by atoms with Crippen molar-refractivity contribution in [3.63, 3.8) is 0 Å². The maximum Gasteiger partial charge on any atom is 0.328 e. The van der Waals surface area contributed by atoms with Gasteiger partial charge < -0.3 is 4.98 Å². The molecule has 3 aromatic rings. The molecule has 0 atom stereocenters. The lowest BCUT2D eigenvalue weighted by atomic mass is 9.99. The lowest BCUT2D eigenvalue weighted by molar-refractivity contribution is 0.290. The van der Waals surface area contributed by atoms with Crippen LogP contribution < -0.4 is 11.2 Å². The first-order valence-corrected chi connectivity index (χ1v) is 10.3. The molecule has 2 heterocycles. The van der Waals surface area contributed by atoms with Crippen LogP contribution in [-0.4, -0.2) is 34.1 Å². The molecule has 4 rings (SSSR count). The number of benzene rings is 2. The highest BCUT2D eigenvalue weighted by molar-refractivity contribution is 6.30. The van der Waals surface area contributed by atoms with E-state index in [0.29, 0.717) is 17.4 Å². The van der Waals surface area contributed by atoms with Gasteiger partial charge in [0.2, 0.25) is 0 Å². The molecule has 0 aliphatic carbocycles. The summed E-state index contributed by atoms with van der Waals surface area (Å²) in [5, 5.41) is 1.32. The second kappa shape index (κ2) is 8.39. The summed E-state index contributed by atoms with van der Waals surface area (Å²) in [6, 6.07) is 13.5. The van der Waals surface area contributed by atoms with Crippen LogP contribution in [0.25, 0.3) is 16.5 Å². The van der Waals surface area contributed by atoms with Crippen LogP contribution in [-0.2, 0) is 6.54 Å². The number of rotatable bonds is 5. The molecule has 2 aromatic carbocycles. The van der Waals surface area contributed by atoms with Crippen molar-refractivity contribution < 1.29 is 0 Å². The lowest BCUT2D eigenvalue weighted by Crippen LogP contribution is -2.37. The van der Waals surface area contributed by atoms with E-state index in [0.717, 1.165) is 43.1 Å². The molecule has 5 nitrogen and oxygen atoms in total. The van der Waals surface area contributed by atoms with Crippen LogP contribution in [0.1, 0.15) is 24.0 Å². The van der Waals surface area contributed by atoms with Crippen LogP contribution in [0.4, 0.5) is 0 Å². The van der Waals surface area contributed by atoms with Crippen molar-refractivity contribution in [2.24, 2.45) is 0 Å². The zero-order valence-electron chi connectivity index (χ0n) is 16.5. The summed E-state index contributed by atoms with van der Waals surface area (Å²) in [6.07, 6.45) is 3.99. The van der Waals surface area contributed by atoms with E-state index in [1.165, 1.54) is 15.7 Å². The van der Waals surface area contributed by atoms with E-state index in [-0.39, 0.29) is 11.2 Å². The van der Waals surface area contributed by atoms with Gasteiger partial charge in [0, 0.05) is 31.2 Å². The predicted octanol–water partition coefficient (Wildman–Crippen LogP) is 3.83. The summed E-state index contributed by atoms with van der Waals surface area (Å²) in [5.41, 5.74) is 3.61. The molecule has 1 aromatic heterocycles. The zero-order chi connectivity index (χ0) is 20.4. The first kappa shape index (κ1) is 19.7. The molecule has 1 N–H and O–H groups in total. The Hall–Kier alpha value is -2.63. The first-order chi connectivity index (χ1) is 14.0. The SMILES string of the molecule is Cc1ccc2[nH]c(=O)n(CCCN3CC=C(c4ccc(Cl)cc4)CC3)c(=O)c2c1. The minimum absolute atomic E-state index is 0.212. The fraction of sp³-hybridized carbons (Fsp3) is 0.304. The molecule has 0 radical (unpaired) electrons. The Morgan fingerprint density at radius 3 is 2.59 bits per heavy atom. The maximum atomic E-state index is 12.7. The fourth-order valence-corrected chi connectivity index (χ4v) is 3.99. The molecule has 6 heteroatoms. The number of aryl methyl sites for hydroxylation is 1. The maximum absolute atomic E-state index is 12.7. The van der Waals surface area contributed by atoms with Crippen molar-refractivity contribution in [1.29, 1.82) is 0 Å². The van der Waals surface area contributed by atoms with Gasteiger partial charge in [0.1, 0.15) is 0 Å². The third kappa shape index (κ3) is 4.36. The average Bonchev–Trinajstić information content (AvgIpc) is 2.72. The van der Waals surface area contributed by atoms with Crippen LogP contribution in [0.2, 0.25) is 5.02 Å². The van der Waals surface area contributed by atoms with Gasteiger partial charge in [-0.05, 0) is 55.2 Å². The minimum atomic E-state index is -0.338. The summed E-state index contributed by atoms with van der Waals surface area (Å²) in [7, 11) is 0. The molecule has 29 heavy (non-hydrogen) atoms. The van der Waals surface area contributed by atoms with Gasteiger partial charge in [-0.1, -0.05) is 41.4 Å². The number of aromatic amines is 1. The lowest BCUT2D eigenvalue weighted by Gasteiger charge is -2.26. The zero-order valence-corrected chi connectivity index (χ0v) is 17.2. The number of halogens is 1. The molecule has 0 unspecified atom stereocenters. The van der Waals surface area contributed by atoms with E-state index < -0.39 is 0 Å². The predicted molar refractivity (Wildman–Crippen MR) is 119 cm³/mol. The van der Waals surface area contributed by atoms with Crippen molar-refractivity contribution >= 4 is 28.1 Å². The van der Waals surface area contributed by atoms with Crippen LogP contribution in [0, 0.1) is 6.92 Å². The van der Waals surface area contributed by atoms with Crippen molar-refractivity contribution in [1.82, 2.24) is 14.5 Å². The summed E-state index contributed by atoms with van der Waals surface area (Å²) >= 11 is 5.97. The molecular formula is C23H24ClN3O2. The van der Waals surface area contributed by atoms with Gasteiger partial charge in [0.05, 0.1) is 10.9 Å². The fourth-order valence-electron chi connectivity index (χ4n) is 3.86. The Morgan fingerprint density at radius 2 is 1.86 bits per heavy atom. The summed E-state index contributed by atoms with van der Waals surface area (Å²) < 4.78 is 1.32. The van der Waals surface area contributed by atoms with Gasteiger partial charge in [-0.25, -0.2) is 4.79 Å². The molecule has 0 amide bonds. The molecule has 0 saturated heterocycles. The Kier molecular flexibility index (Phi) is 5.69. The Morgan fingerprint density at radius 1 is 1.07 bits per heavy atom. The van der Waals surface area contributed by atoms with Gasteiger partial charge in [0.25, 0.3) is 5.56 Å². The van der Waals surface area contributed by atoms with Crippen molar-refractivity contribution in [3.8, 4) is 0 Å². The highest BCUT2D eigenvalue weighted by Gasteiger charge is 2.13. The topological polar surface area (TPSA) is 58.1 Å². The van der Waals surface area contributed by atoms with Crippen LogP contribution in [0.3, 0.4) is 0 Å². The standard InChI is InChI=1S/C23H24ClN3O2/c1-16-3-8-21-20(15-16)22(28)27(23(29)25-21)12-2-11-26-13-9-18(10-14-26)17-4-6-19(24)7-5-17/h3-9,15H,2,10-14H2,1H3,(H,25,29). The quantitative estimate of drug-likeness (QED) is 0.696. The average molecular weight is 410 g/mol. The van der Waals surface area contributed by atoms with Crippen LogP contribution >= 0.6 is 11.6 Å². The number of fused-ring (bicyclic) bond motifs is 1. The third-order valence-electron chi connectivity index (χ3n) is 5.50. The number of H-pyrrole nitrogens is 1. The molecule has 1 aliphatic rings. The van der Waals surface area contributed by atoms with E-state index >= 15 is 0 Å². The normalized spacial score (nSPS) is 14.9. The Bertz CT molecular complexity index is 1180. The van der Waals surface area contributed by atoms with Gasteiger partial charge in [-0.2, -0.15) is 0 Å². The largest absolute Gasteiger partial charge is 0.328 e. The number of nitrogens with zero attached hydrogens (tertiary/aromatic N) is 2. The molecule has 150 valence electrons. The van der Waals surface area contributed by atoms with Crippen LogP contribution in [0.15, 0.2) is 58.1 Å². The van der Waals surface area contributed by atoms with E-state index in [4.69, 9.17) is 11.6 Å². The second-order valence-electron chi connectivity index (χ2n) is 7.58. The van der Waals surface area contributed by atoms with E-state index in [2.05, 4.69) is 28.1 Å². The van der Waals surface area contributed by atoms with E-state index in [1.807, 2.05) is 31.2 Å². The van der Waals surface area contributed by atoms with Gasteiger partial charge in [-0.3, -0.25) is 14.3 Å². The molecule has 0 spiro atoms. The first-order valence-electron chi connectivity index (χ1n) is 9.92. The smallest absolute Gasteiger partial charge is 0.307 e. The van der Waals surface area contributed by atoms with E-state index in [1.54, 1.807) is 6.07 Å². The molecule has 1 aliphatic heterocycles. The van der Waals surface area contributed by atoms with Gasteiger partial charge in [-0.15, -0.1) is 0 Å². The highest BCUT2D eigenvalue weighted by atomic mass is 35.5. The third-order valence-corrected chi connectivity index (χ3v) is 5.75. The van der Waals surface area contributed by atoms with E-state index in [9.17, 15) is 9.59 Å². The molecule has 0 saturated carbocycles. The van der Waals surface area contributed by atoms with Crippen molar-refractivity contribution in [2.45, 2.75) is 26.3 Å².